The van der Waals surface area contributed by atoms with Crippen molar-refractivity contribution >= 4 is 17.5 Å². The standard InChI is InChI=1S/C14H17ClN2O/c15-12-3-1-2-11(8-12)14(18)16-13-9-17-6-4-10(13)5-7-17/h1-3,8,10,13H,4-7,9H2,(H,16,18)/p+1/t13-/m0/s1. The minimum atomic E-state index is 0.00986. The Balaban J connectivity index is 1.68. The minimum absolute atomic E-state index is 0.00986. The molecule has 2 N–H and O–H groups in total. The Morgan fingerprint density at radius 1 is 1.33 bits per heavy atom. The lowest BCUT2D eigenvalue weighted by Gasteiger charge is -2.42. The van der Waals surface area contributed by atoms with Gasteiger partial charge in [0.25, 0.3) is 5.91 Å². The molecule has 4 heteroatoms. The Morgan fingerprint density at radius 2 is 2.11 bits per heavy atom. The van der Waals surface area contributed by atoms with Crippen molar-refractivity contribution in [1.82, 2.24) is 5.32 Å². The van der Waals surface area contributed by atoms with Gasteiger partial charge in [0.1, 0.15) is 0 Å². The van der Waals surface area contributed by atoms with E-state index < -0.39 is 0 Å². The summed E-state index contributed by atoms with van der Waals surface area (Å²) in [5.74, 6) is 0.682. The summed E-state index contributed by atoms with van der Waals surface area (Å²) in [6.07, 6.45) is 2.49. The van der Waals surface area contributed by atoms with E-state index in [0.29, 0.717) is 22.5 Å². The number of amides is 1. The van der Waals surface area contributed by atoms with Crippen molar-refractivity contribution in [2.24, 2.45) is 5.92 Å². The van der Waals surface area contributed by atoms with Crippen LogP contribution in [0, 0.1) is 5.92 Å². The first kappa shape index (κ1) is 12.0. The van der Waals surface area contributed by atoms with Crippen molar-refractivity contribution in [3.05, 3.63) is 34.9 Å². The molecule has 3 heterocycles. The molecule has 1 atom stereocenters. The Kier molecular flexibility index (Phi) is 3.27. The molecule has 1 amide bonds. The summed E-state index contributed by atoms with van der Waals surface area (Å²) >= 11 is 5.91. The predicted molar refractivity (Wildman–Crippen MR) is 71.0 cm³/mol. The maximum absolute atomic E-state index is 12.2. The third kappa shape index (κ3) is 2.38. The molecule has 0 saturated carbocycles. The van der Waals surface area contributed by atoms with Crippen LogP contribution >= 0.6 is 11.6 Å². The number of nitrogens with one attached hydrogen (secondary N) is 2. The molecule has 2 bridgehead atoms. The number of piperidine rings is 3. The van der Waals surface area contributed by atoms with E-state index in [4.69, 9.17) is 11.6 Å². The number of quaternary nitrogens is 1. The number of fused-ring (bicyclic) bond motifs is 3. The normalized spacial score (nSPS) is 30.2. The lowest BCUT2D eigenvalue weighted by molar-refractivity contribution is -0.917. The van der Waals surface area contributed by atoms with Crippen LogP contribution in [-0.2, 0) is 0 Å². The van der Waals surface area contributed by atoms with Gasteiger partial charge in [-0.15, -0.1) is 0 Å². The molecule has 3 aliphatic heterocycles. The Hall–Kier alpha value is -1.06. The molecule has 0 aromatic heterocycles. The number of benzene rings is 1. The highest BCUT2D eigenvalue weighted by atomic mass is 35.5. The average molecular weight is 266 g/mol. The first-order valence-electron chi connectivity index (χ1n) is 6.62. The summed E-state index contributed by atoms with van der Waals surface area (Å²) in [7, 11) is 0. The molecular weight excluding hydrogens is 248 g/mol. The van der Waals surface area contributed by atoms with Crippen LogP contribution in [0.4, 0.5) is 0 Å². The van der Waals surface area contributed by atoms with Crippen molar-refractivity contribution in [2.75, 3.05) is 19.6 Å². The molecule has 3 aliphatic rings. The minimum Gasteiger partial charge on any atom is -0.343 e. The molecule has 3 saturated heterocycles. The van der Waals surface area contributed by atoms with Gasteiger partial charge < -0.3 is 10.2 Å². The van der Waals surface area contributed by atoms with Gasteiger partial charge in [-0.25, -0.2) is 0 Å². The van der Waals surface area contributed by atoms with E-state index in [0.717, 1.165) is 6.54 Å². The van der Waals surface area contributed by atoms with Crippen LogP contribution in [0.5, 0.6) is 0 Å². The van der Waals surface area contributed by atoms with E-state index >= 15 is 0 Å². The van der Waals surface area contributed by atoms with Gasteiger partial charge in [0.15, 0.2) is 0 Å². The Bertz CT molecular complexity index is 455. The van der Waals surface area contributed by atoms with Crippen LogP contribution in [0.3, 0.4) is 0 Å². The van der Waals surface area contributed by atoms with Crippen molar-refractivity contribution in [2.45, 2.75) is 18.9 Å². The van der Waals surface area contributed by atoms with Crippen LogP contribution in [0.2, 0.25) is 5.02 Å². The number of carbonyl (C=O) groups is 1. The molecule has 3 fully saturated rings. The molecule has 96 valence electrons. The summed E-state index contributed by atoms with van der Waals surface area (Å²) in [5.41, 5.74) is 0.661. The largest absolute Gasteiger partial charge is 0.343 e. The second kappa shape index (κ2) is 4.90. The quantitative estimate of drug-likeness (QED) is 0.813. The van der Waals surface area contributed by atoms with Crippen molar-refractivity contribution in [3.63, 3.8) is 0 Å². The number of halogens is 1. The van der Waals surface area contributed by atoms with Gasteiger partial charge in [-0.05, 0) is 24.1 Å². The van der Waals surface area contributed by atoms with E-state index in [1.807, 2.05) is 12.1 Å². The third-order valence-electron chi connectivity index (χ3n) is 4.22. The number of hydrogen-bond donors (Lipinski definition) is 2. The maximum atomic E-state index is 12.2. The summed E-state index contributed by atoms with van der Waals surface area (Å²) < 4.78 is 0. The second-order valence-electron chi connectivity index (χ2n) is 5.38. The second-order valence-corrected chi connectivity index (χ2v) is 5.82. The number of hydrogen-bond acceptors (Lipinski definition) is 1. The zero-order valence-electron chi connectivity index (χ0n) is 10.3. The molecule has 0 aliphatic carbocycles. The Labute approximate surface area is 112 Å². The molecule has 0 unspecified atom stereocenters. The van der Waals surface area contributed by atoms with E-state index in [1.54, 1.807) is 17.0 Å². The van der Waals surface area contributed by atoms with Crippen molar-refractivity contribution in [3.8, 4) is 0 Å². The molecule has 0 radical (unpaired) electrons. The highest BCUT2D eigenvalue weighted by molar-refractivity contribution is 6.30. The van der Waals surface area contributed by atoms with Crippen LogP contribution < -0.4 is 10.2 Å². The summed E-state index contributed by atoms with van der Waals surface area (Å²) in [6.45, 7) is 3.62. The van der Waals surface area contributed by atoms with E-state index in [2.05, 4.69) is 5.32 Å². The highest BCUT2D eigenvalue weighted by Crippen LogP contribution is 2.19. The Morgan fingerprint density at radius 3 is 2.72 bits per heavy atom. The van der Waals surface area contributed by atoms with Crippen LogP contribution in [-0.4, -0.2) is 31.6 Å². The van der Waals surface area contributed by atoms with E-state index in [1.165, 1.54) is 25.9 Å². The molecule has 0 spiro atoms. The molecule has 18 heavy (non-hydrogen) atoms. The number of carbonyl (C=O) groups excluding carboxylic acids is 1. The smallest absolute Gasteiger partial charge is 0.251 e. The SMILES string of the molecule is O=C(N[C@H]1C[NH+]2CCC1CC2)c1cccc(Cl)c1. The third-order valence-corrected chi connectivity index (χ3v) is 4.45. The van der Waals surface area contributed by atoms with Gasteiger partial charge in [0, 0.05) is 23.4 Å². The highest BCUT2D eigenvalue weighted by Gasteiger charge is 2.38. The molecule has 4 rings (SSSR count). The van der Waals surface area contributed by atoms with Crippen molar-refractivity contribution < 1.29 is 9.69 Å². The zero-order valence-corrected chi connectivity index (χ0v) is 11.0. The van der Waals surface area contributed by atoms with Crippen LogP contribution in [0.1, 0.15) is 23.2 Å². The van der Waals surface area contributed by atoms with Gasteiger partial charge >= 0.3 is 0 Å². The lowest BCUT2D eigenvalue weighted by Crippen LogP contribution is -3.17. The fourth-order valence-corrected chi connectivity index (χ4v) is 3.37. The molecule has 1 aromatic rings. The fourth-order valence-electron chi connectivity index (χ4n) is 3.18. The maximum Gasteiger partial charge on any atom is 0.251 e. The molecular formula is C14H18ClN2O+. The fraction of sp³-hybridized carbons (Fsp3) is 0.500. The van der Waals surface area contributed by atoms with Gasteiger partial charge in [0.2, 0.25) is 0 Å². The van der Waals surface area contributed by atoms with Crippen LogP contribution in [0.15, 0.2) is 24.3 Å². The van der Waals surface area contributed by atoms with Gasteiger partial charge in [-0.2, -0.15) is 0 Å². The molecule has 1 aromatic carbocycles. The monoisotopic (exact) mass is 265 g/mol. The lowest BCUT2D eigenvalue weighted by atomic mass is 9.84. The van der Waals surface area contributed by atoms with Gasteiger partial charge in [0.05, 0.1) is 25.7 Å². The van der Waals surface area contributed by atoms with Gasteiger partial charge in [-0.1, -0.05) is 17.7 Å². The van der Waals surface area contributed by atoms with E-state index in [-0.39, 0.29) is 5.91 Å². The summed E-state index contributed by atoms with van der Waals surface area (Å²) in [6, 6.07) is 7.49. The predicted octanol–water partition coefficient (Wildman–Crippen LogP) is 0.747. The first-order chi connectivity index (χ1) is 8.72. The van der Waals surface area contributed by atoms with Gasteiger partial charge in [-0.3, -0.25) is 4.79 Å². The summed E-state index contributed by atoms with van der Waals surface area (Å²) in [5, 5.41) is 3.79. The molecule has 3 nitrogen and oxygen atoms in total. The zero-order chi connectivity index (χ0) is 12.5. The van der Waals surface area contributed by atoms with Crippen LogP contribution in [0.25, 0.3) is 0 Å². The topological polar surface area (TPSA) is 33.5 Å². The van der Waals surface area contributed by atoms with Crippen molar-refractivity contribution in [1.29, 1.82) is 0 Å². The van der Waals surface area contributed by atoms with E-state index in [9.17, 15) is 4.79 Å². The first-order valence-corrected chi connectivity index (χ1v) is 7.00. The summed E-state index contributed by atoms with van der Waals surface area (Å²) in [4.78, 5) is 13.8. The average Bonchev–Trinajstić information content (AvgIpc) is 2.40. The number of rotatable bonds is 2.